The molecule has 0 bridgehead atoms. The molecule has 0 spiro atoms. The zero-order chi connectivity index (χ0) is 12.2. The maximum Gasteiger partial charge on any atom is 0.313 e. The molecule has 84 valence electrons. The Morgan fingerprint density at radius 3 is 2.13 bits per heavy atom. The van der Waals surface area contributed by atoms with Gasteiger partial charge in [0.25, 0.3) is 0 Å². The van der Waals surface area contributed by atoms with E-state index < -0.39 is 17.2 Å². The van der Waals surface area contributed by atoms with Crippen molar-refractivity contribution in [1.29, 1.82) is 0 Å². The smallest absolute Gasteiger partial charge is 0.313 e. The molecular formula is C12H17FO2. The molecule has 2 nitrogen and oxygen atoms in total. The molecule has 0 amide bonds. The second kappa shape index (κ2) is 4.91. The van der Waals surface area contributed by atoms with Crippen LogP contribution in [-0.4, -0.2) is 11.1 Å². The van der Waals surface area contributed by atoms with Crippen LogP contribution in [0.1, 0.15) is 27.7 Å². The highest BCUT2D eigenvalue weighted by molar-refractivity contribution is 5.79. The number of hydrogen-bond donors (Lipinski definition) is 1. The fourth-order valence-electron chi connectivity index (χ4n) is 1.26. The van der Waals surface area contributed by atoms with E-state index in [0.717, 1.165) is 11.6 Å². The van der Waals surface area contributed by atoms with Gasteiger partial charge in [-0.15, -0.1) is 0 Å². The van der Waals surface area contributed by atoms with Gasteiger partial charge in [0.05, 0.1) is 5.41 Å². The molecule has 3 heteroatoms. The molecule has 1 N–H and O–H groups in total. The molecule has 15 heavy (non-hydrogen) atoms. The third-order valence-corrected chi connectivity index (χ3v) is 2.22. The first-order valence-corrected chi connectivity index (χ1v) is 4.64. The number of hydrogen-bond acceptors (Lipinski definition) is 1. The molecule has 0 aliphatic heterocycles. The van der Waals surface area contributed by atoms with E-state index in [9.17, 15) is 9.18 Å². The van der Waals surface area contributed by atoms with Gasteiger partial charge in [0.15, 0.2) is 0 Å². The second-order valence-corrected chi connectivity index (χ2v) is 4.08. The lowest BCUT2D eigenvalue weighted by molar-refractivity contribution is -0.144. The minimum absolute atomic E-state index is 0.465. The molecule has 0 aromatic carbocycles. The van der Waals surface area contributed by atoms with Crippen molar-refractivity contribution in [3.8, 4) is 0 Å². The Hall–Kier alpha value is -1.38. The minimum atomic E-state index is -1.10. The van der Waals surface area contributed by atoms with Crippen molar-refractivity contribution in [2.45, 2.75) is 27.7 Å². The van der Waals surface area contributed by atoms with Crippen LogP contribution in [0.15, 0.2) is 35.7 Å². The van der Waals surface area contributed by atoms with Gasteiger partial charge in [-0.25, -0.2) is 4.39 Å². The Bertz CT molecular complexity index is 332. The summed E-state index contributed by atoms with van der Waals surface area (Å²) >= 11 is 0. The Labute approximate surface area is 89.8 Å². The summed E-state index contributed by atoms with van der Waals surface area (Å²) in [6.07, 6.45) is 2.28. The maximum absolute atomic E-state index is 13.1. The first-order valence-electron chi connectivity index (χ1n) is 4.64. The molecule has 0 aliphatic rings. The number of carboxylic acids is 1. The Morgan fingerprint density at radius 2 is 1.87 bits per heavy atom. The summed E-state index contributed by atoms with van der Waals surface area (Å²) < 4.78 is 13.1. The second-order valence-electron chi connectivity index (χ2n) is 4.08. The average molecular weight is 212 g/mol. The molecule has 0 fully saturated rings. The number of carbonyl (C=O) groups is 1. The van der Waals surface area contributed by atoms with Gasteiger partial charge in [0, 0.05) is 0 Å². The molecule has 0 unspecified atom stereocenters. The Kier molecular flexibility index (Phi) is 4.46. The summed E-state index contributed by atoms with van der Waals surface area (Å²) in [5.74, 6) is -1.51. The van der Waals surface area contributed by atoms with Crippen molar-refractivity contribution < 1.29 is 14.3 Å². The quantitative estimate of drug-likeness (QED) is 0.724. The lowest BCUT2D eigenvalue weighted by Crippen LogP contribution is -2.26. The average Bonchev–Trinajstić information content (AvgIpc) is 2.12. The summed E-state index contributed by atoms with van der Waals surface area (Å²) in [7, 11) is 0. The van der Waals surface area contributed by atoms with E-state index in [1.165, 1.54) is 6.08 Å². The van der Waals surface area contributed by atoms with Gasteiger partial charge < -0.3 is 5.11 Å². The van der Waals surface area contributed by atoms with Gasteiger partial charge in [0.2, 0.25) is 0 Å². The molecule has 0 aliphatic carbocycles. The minimum Gasteiger partial charge on any atom is -0.481 e. The first kappa shape index (κ1) is 13.6. The van der Waals surface area contributed by atoms with Crippen molar-refractivity contribution in [2.75, 3.05) is 0 Å². The largest absolute Gasteiger partial charge is 0.481 e. The van der Waals surface area contributed by atoms with Gasteiger partial charge in [0.1, 0.15) is 5.83 Å². The molecular weight excluding hydrogens is 195 g/mol. The summed E-state index contributed by atoms with van der Waals surface area (Å²) in [4.78, 5) is 11.0. The molecule has 0 heterocycles. The third kappa shape index (κ3) is 3.35. The van der Waals surface area contributed by atoms with Crippen LogP contribution in [0, 0.1) is 5.41 Å². The highest BCUT2D eigenvalue weighted by Gasteiger charge is 2.31. The van der Waals surface area contributed by atoms with Crippen LogP contribution in [0.3, 0.4) is 0 Å². The van der Waals surface area contributed by atoms with Crippen LogP contribution < -0.4 is 0 Å². The van der Waals surface area contributed by atoms with E-state index in [1.807, 2.05) is 0 Å². The first-order chi connectivity index (χ1) is 6.73. The highest BCUT2D eigenvalue weighted by atomic mass is 19.1. The van der Waals surface area contributed by atoms with Crippen molar-refractivity contribution in [3.63, 3.8) is 0 Å². The predicted molar refractivity (Wildman–Crippen MR) is 59.2 cm³/mol. The van der Waals surface area contributed by atoms with Crippen LogP contribution in [0.25, 0.3) is 0 Å². The molecule has 0 saturated heterocycles. The van der Waals surface area contributed by atoms with E-state index in [4.69, 9.17) is 5.11 Å². The van der Waals surface area contributed by atoms with Gasteiger partial charge in [-0.3, -0.25) is 4.79 Å². The van der Waals surface area contributed by atoms with Gasteiger partial charge in [-0.1, -0.05) is 12.2 Å². The Morgan fingerprint density at radius 1 is 1.40 bits per heavy atom. The summed E-state index contributed by atoms with van der Waals surface area (Å²) in [5, 5.41) is 9.03. The molecule has 0 saturated carbocycles. The predicted octanol–water partition coefficient (Wildman–Crippen LogP) is 3.47. The van der Waals surface area contributed by atoms with Crippen LogP contribution >= 0.6 is 0 Å². The SMILES string of the molecule is C=C/C(F)=C\C(=C(C)C)C(C)(C)C(=O)O. The van der Waals surface area contributed by atoms with Crippen LogP contribution in [0.5, 0.6) is 0 Å². The maximum atomic E-state index is 13.1. The van der Waals surface area contributed by atoms with Crippen molar-refractivity contribution in [3.05, 3.63) is 35.7 Å². The summed E-state index contributed by atoms with van der Waals surface area (Å²) in [6, 6.07) is 0. The highest BCUT2D eigenvalue weighted by Crippen LogP contribution is 2.31. The lowest BCUT2D eigenvalue weighted by Gasteiger charge is -2.22. The number of carboxylic acid groups (broad SMARTS) is 1. The van der Waals surface area contributed by atoms with Crippen molar-refractivity contribution >= 4 is 5.97 Å². The monoisotopic (exact) mass is 212 g/mol. The van der Waals surface area contributed by atoms with E-state index in [0.29, 0.717) is 5.57 Å². The number of aliphatic carboxylic acids is 1. The van der Waals surface area contributed by atoms with Crippen LogP contribution in [0.4, 0.5) is 4.39 Å². The molecule has 0 aromatic heterocycles. The topological polar surface area (TPSA) is 37.3 Å². The number of rotatable bonds is 4. The molecule has 0 rings (SSSR count). The van der Waals surface area contributed by atoms with Crippen molar-refractivity contribution in [2.24, 2.45) is 5.41 Å². The Balaban J connectivity index is 5.49. The summed E-state index contributed by atoms with van der Waals surface area (Å²) in [5.41, 5.74) is 0.144. The third-order valence-electron chi connectivity index (χ3n) is 2.22. The summed E-state index contributed by atoms with van der Waals surface area (Å²) in [6.45, 7) is 9.89. The van der Waals surface area contributed by atoms with E-state index in [-0.39, 0.29) is 0 Å². The molecule has 0 aromatic rings. The zero-order valence-corrected chi connectivity index (χ0v) is 9.60. The van der Waals surface area contributed by atoms with Gasteiger partial charge >= 0.3 is 5.97 Å². The fraction of sp³-hybridized carbons (Fsp3) is 0.417. The van der Waals surface area contributed by atoms with Gasteiger partial charge in [-0.05, 0) is 45.4 Å². The zero-order valence-electron chi connectivity index (χ0n) is 9.60. The normalized spacial score (nSPS) is 12.2. The van der Waals surface area contributed by atoms with E-state index in [1.54, 1.807) is 27.7 Å². The fourth-order valence-corrected chi connectivity index (χ4v) is 1.26. The van der Waals surface area contributed by atoms with Gasteiger partial charge in [-0.2, -0.15) is 0 Å². The molecule has 0 radical (unpaired) electrons. The number of halogens is 1. The van der Waals surface area contributed by atoms with Crippen molar-refractivity contribution in [1.82, 2.24) is 0 Å². The van der Waals surface area contributed by atoms with E-state index >= 15 is 0 Å². The molecule has 0 atom stereocenters. The van der Waals surface area contributed by atoms with Crippen LogP contribution in [0.2, 0.25) is 0 Å². The van der Waals surface area contributed by atoms with E-state index in [2.05, 4.69) is 6.58 Å². The lowest BCUT2D eigenvalue weighted by atomic mass is 9.81. The number of allylic oxidation sites excluding steroid dienone is 4. The van der Waals surface area contributed by atoms with Crippen LogP contribution in [-0.2, 0) is 4.79 Å². The standard InChI is InChI=1S/C12H17FO2/c1-6-9(13)7-10(8(2)3)12(4,5)11(14)15/h6-7H,1H2,2-5H3,(H,14,15)/b9-7+.